The van der Waals surface area contributed by atoms with Crippen molar-refractivity contribution < 1.29 is 4.79 Å². The Kier molecular flexibility index (Phi) is 6.64. The van der Waals surface area contributed by atoms with E-state index in [0.717, 1.165) is 32.2 Å². The largest absolute Gasteiger partial charge is 0.356 e. The second-order valence-electron chi connectivity index (χ2n) is 5.14. The molecule has 1 aromatic rings. The average molecular weight is 391 g/mol. The molecule has 4 heteroatoms. The Bertz CT molecular complexity index is 405. The van der Waals surface area contributed by atoms with Gasteiger partial charge in [-0.05, 0) is 53.5 Å². The highest BCUT2D eigenvalue weighted by molar-refractivity contribution is 14.1. The third kappa shape index (κ3) is 4.45. The maximum atomic E-state index is 12.2. The maximum absolute atomic E-state index is 12.2. The van der Waals surface area contributed by atoms with E-state index >= 15 is 0 Å². The van der Waals surface area contributed by atoms with E-state index in [9.17, 15) is 4.79 Å². The molecule has 0 saturated carbocycles. The molecule has 1 amide bonds. The number of thiophene rings is 1. The lowest BCUT2D eigenvalue weighted by molar-refractivity contribution is -0.122. The van der Waals surface area contributed by atoms with E-state index in [0.29, 0.717) is 0 Å². The minimum absolute atomic E-state index is 0.115. The topological polar surface area (TPSA) is 29.1 Å². The van der Waals surface area contributed by atoms with Gasteiger partial charge >= 0.3 is 0 Å². The van der Waals surface area contributed by atoms with E-state index in [2.05, 4.69) is 39.4 Å². The normalized spacial score (nSPS) is 18.1. The monoisotopic (exact) mass is 391 g/mol. The van der Waals surface area contributed by atoms with Crippen molar-refractivity contribution in [3.05, 3.63) is 21.9 Å². The lowest BCUT2D eigenvalue weighted by Gasteiger charge is -2.21. The molecule has 0 spiro atoms. The predicted molar refractivity (Wildman–Crippen MR) is 90.4 cm³/mol. The summed E-state index contributed by atoms with van der Waals surface area (Å²) in [6, 6.07) is 2.14. The van der Waals surface area contributed by atoms with Crippen LogP contribution in [0.25, 0.3) is 0 Å². The summed E-state index contributed by atoms with van der Waals surface area (Å²) in [5.41, 5.74) is 1.29. The van der Waals surface area contributed by atoms with Crippen molar-refractivity contribution >= 4 is 39.8 Å². The number of aryl methyl sites for hydroxylation is 1. The molecule has 1 atom stereocenters. The number of halogens is 1. The lowest BCUT2D eigenvalue weighted by Crippen LogP contribution is -2.31. The van der Waals surface area contributed by atoms with Crippen LogP contribution in [-0.2, 0) is 11.2 Å². The molecule has 0 aliphatic heterocycles. The van der Waals surface area contributed by atoms with E-state index < -0.39 is 0 Å². The summed E-state index contributed by atoms with van der Waals surface area (Å²) in [6.45, 7) is 0.843. The number of alkyl halides is 1. The van der Waals surface area contributed by atoms with Gasteiger partial charge in [-0.2, -0.15) is 0 Å². The van der Waals surface area contributed by atoms with E-state index in [4.69, 9.17) is 0 Å². The summed E-state index contributed by atoms with van der Waals surface area (Å²) in [7, 11) is 0. The van der Waals surface area contributed by atoms with Gasteiger partial charge in [0.1, 0.15) is 0 Å². The van der Waals surface area contributed by atoms with Crippen LogP contribution < -0.4 is 5.32 Å². The number of carbonyl (C=O) groups is 1. The minimum Gasteiger partial charge on any atom is -0.356 e. The van der Waals surface area contributed by atoms with Crippen LogP contribution in [0.2, 0.25) is 0 Å². The Morgan fingerprint density at radius 1 is 1.37 bits per heavy atom. The average Bonchev–Trinajstić information content (AvgIpc) is 2.90. The van der Waals surface area contributed by atoms with Crippen molar-refractivity contribution in [3.8, 4) is 0 Å². The van der Waals surface area contributed by atoms with Crippen LogP contribution in [0, 0.1) is 0 Å². The van der Waals surface area contributed by atoms with Crippen LogP contribution in [0.3, 0.4) is 0 Å². The third-order valence-corrected chi connectivity index (χ3v) is 5.49. The highest BCUT2D eigenvalue weighted by atomic mass is 127. The first-order valence-corrected chi connectivity index (χ1v) is 9.63. The molecule has 0 saturated heterocycles. The molecule has 1 aliphatic carbocycles. The lowest BCUT2D eigenvalue weighted by atomic mass is 9.87. The van der Waals surface area contributed by atoms with Crippen LogP contribution >= 0.6 is 33.9 Å². The Morgan fingerprint density at radius 2 is 2.21 bits per heavy atom. The molecule has 1 heterocycles. The maximum Gasteiger partial charge on any atom is 0.227 e. The quantitative estimate of drug-likeness (QED) is 0.420. The molecular weight excluding hydrogens is 369 g/mol. The fourth-order valence-electron chi connectivity index (χ4n) is 2.67. The van der Waals surface area contributed by atoms with E-state index in [1.54, 1.807) is 11.3 Å². The Morgan fingerprint density at radius 3 is 3.05 bits per heavy atom. The number of hydrogen-bond acceptors (Lipinski definition) is 2. The van der Waals surface area contributed by atoms with Gasteiger partial charge in [0, 0.05) is 11.4 Å². The summed E-state index contributed by atoms with van der Waals surface area (Å²) in [4.78, 5) is 13.7. The van der Waals surface area contributed by atoms with Crippen molar-refractivity contribution in [2.75, 3.05) is 11.0 Å². The Hall–Kier alpha value is -0.100. The zero-order valence-electron chi connectivity index (χ0n) is 11.3. The molecule has 0 aromatic carbocycles. The first kappa shape index (κ1) is 15.3. The number of fused-ring (bicyclic) bond motifs is 1. The Balaban J connectivity index is 1.73. The molecular formula is C15H22INOS. The molecule has 1 N–H and O–H groups in total. The number of unbranched alkanes of at least 4 members (excludes halogenated alkanes) is 3. The molecule has 1 aliphatic rings. The van der Waals surface area contributed by atoms with Gasteiger partial charge in [-0.1, -0.05) is 35.4 Å². The number of rotatable bonds is 7. The molecule has 0 fully saturated rings. The number of amides is 1. The van der Waals surface area contributed by atoms with E-state index in [1.165, 1.54) is 34.1 Å². The van der Waals surface area contributed by atoms with Crippen LogP contribution in [0.5, 0.6) is 0 Å². The molecule has 2 nitrogen and oxygen atoms in total. The molecule has 2 rings (SSSR count). The van der Waals surface area contributed by atoms with Gasteiger partial charge in [-0.3, -0.25) is 4.79 Å². The summed E-state index contributed by atoms with van der Waals surface area (Å²) in [6.07, 6.45) is 8.27. The van der Waals surface area contributed by atoms with Crippen molar-refractivity contribution in [1.29, 1.82) is 0 Å². The van der Waals surface area contributed by atoms with Gasteiger partial charge in [-0.15, -0.1) is 11.3 Å². The first-order chi connectivity index (χ1) is 9.33. The number of nitrogens with one attached hydrogen (secondary N) is 1. The third-order valence-electron chi connectivity index (χ3n) is 3.73. The minimum atomic E-state index is 0.115. The summed E-state index contributed by atoms with van der Waals surface area (Å²) in [5.74, 6) is 0.359. The predicted octanol–water partition coefficient (Wildman–Crippen LogP) is 4.28. The molecule has 19 heavy (non-hydrogen) atoms. The molecule has 0 bridgehead atoms. The van der Waals surface area contributed by atoms with Gasteiger partial charge < -0.3 is 5.32 Å². The van der Waals surface area contributed by atoms with Gasteiger partial charge in [-0.25, -0.2) is 0 Å². The van der Waals surface area contributed by atoms with Crippen LogP contribution in [0.4, 0.5) is 0 Å². The van der Waals surface area contributed by atoms with Crippen molar-refractivity contribution in [1.82, 2.24) is 5.32 Å². The highest BCUT2D eigenvalue weighted by Crippen LogP contribution is 2.34. The van der Waals surface area contributed by atoms with Gasteiger partial charge in [0.05, 0.1) is 5.92 Å². The van der Waals surface area contributed by atoms with Crippen molar-refractivity contribution in [2.24, 2.45) is 0 Å². The van der Waals surface area contributed by atoms with Crippen LogP contribution in [0.1, 0.15) is 54.9 Å². The fraction of sp³-hybridized carbons (Fsp3) is 0.667. The fourth-order valence-corrected chi connectivity index (χ4v) is 4.19. The van der Waals surface area contributed by atoms with E-state index in [1.807, 2.05) is 0 Å². The second kappa shape index (κ2) is 8.25. The zero-order chi connectivity index (χ0) is 13.5. The van der Waals surface area contributed by atoms with Crippen molar-refractivity contribution in [3.63, 3.8) is 0 Å². The first-order valence-electron chi connectivity index (χ1n) is 7.23. The molecule has 106 valence electrons. The second-order valence-corrected chi connectivity index (χ2v) is 7.22. The van der Waals surface area contributed by atoms with E-state index in [-0.39, 0.29) is 11.8 Å². The molecule has 0 radical (unpaired) electrons. The standard InChI is InChI=1S/C15H22INOS/c16-9-3-1-2-4-10-17-15(18)13-6-5-7-14-12(13)8-11-19-14/h8,11,13H,1-7,9-10H2,(H,17,18). The summed E-state index contributed by atoms with van der Waals surface area (Å²) >= 11 is 4.22. The Labute approximate surface area is 133 Å². The zero-order valence-corrected chi connectivity index (χ0v) is 14.3. The smallest absolute Gasteiger partial charge is 0.227 e. The molecule has 1 unspecified atom stereocenters. The van der Waals surface area contributed by atoms with Crippen molar-refractivity contribution in [2.45, 2.75) is 50.9 Å². The summed E-state index contributed by atoms with van der Waals surface area (Å²) in [5, 5.41) is 5.25. The number of carbonyl (C=O) groups excluding carboxylic acids is 1. The van der Waals surface area contributed by atoms with Gasteiger partial charge in [0.25, 0.3) is 0 Å². The van der Waals surface area contributed by atoms with Gasteiger partial charge in [0.2, 0.25) is 5.91 Å². The summed E-state index contributed by atoms with van der Waals surface area (Å²) < 4.78 is 1.24. The molecule has 1 aromatic heterocycles. The number of hydrogen-bond donors (Lipinski definition) is 1. The van der Waals surface area contributed by atoms with Crippen LogP contribution in [0.15, 0.2) is 11.4 Å². The SMILES string of the molecule is O=C(NCCCCCCI)C1CCCc2sccc21. The highest BCUT2D eigenvalue weighted by Gasteiger charge is 2.26. The van der Waals surface area contributed by atoms with Crippen LogP contribution in [-0.4, -0.2) is 16.9 Å². The van der Waals surface area contributed by atoms with Gasteiger partial charge in [0.15, 0.2) is 0 Å².